The largest absolute Gasteiger partial charge is 0.495 e. The van der Waals surface area contributed by atoms with Crippen molar-refractivity contribution in [3.63, 3.8) is 0 Å². The molecule has 0 aliphatic carbocycles. The molecule has 0 bridgehead atoms. The Morgan fingerprint density at radius 3 is 2.58 bits per heavy atom. The highest BCUT2D eigenvalue weighted by Gasteiger charge is 2.32. The summed E-state index contributed by atoms with van der Waals surface area (Å²) < 4.78 is 15.3. The Morgan fingerprint density at radius 1 is 1.21 bits per heavy atom. The van der Waals surface area contributed by atoms with Gasteiger partial charge in [-0.2, -0.15) is 0 Å². The lowest BCUT2D eigenvalue weighted by molar-refractivity contribution is -0.127. The van der Waals surface area contributed by atoms with Crippen LogP contribution in [0.4, 0.5) is 10.5 Å². The maximum Gasteiger partial charge on any atom is 0.325 e. The molecule has 132 valence electrons. The number of hydrogen-bond acceptors (Lipinski definition) is 5. The van der Waals surface area contributed by atoms with E-state index in [9.17, 15) is 9.59 Å². The molecule has 1 aromatic carbocycles. The van der Waals surface area contributed by atoms with Crippen molar-refractivity contribution < 1.29 is 23.8 Å². The Morgan fingerprint density at radius 2 is 1.92 bits per heavy atom. The lowest BCUT2D eigenvalue weighted by Gasteiger charge is -2.20. The molecule has 0 radical (unpaired) electrons. The zero-order valence-corrected chi connectivity index (χ0v) is 14.2. The van der Waals surface area contributed by atoms with Crippen LogP contribution in [-0.4, -0.2) is 70.6 Å². The van der Waals surface area contributed by atoms with Gasteiger partial charge in [0.25, 0.3) is 0 Å². The van der Waals surface area contributed by atoms with Gasteiger partial charge in [-0.15, -0.1) is 0 Å². The normalized spacial score (nSPS) is 14.4. The highest BCUT2D eigenvalue weighted by molar-refractivity contribution is 5.97. The quantitative estimate of drug-likeness (QED) is 0.706. The molecule has 8 heteroatoms. The number of amides is 3. The Hall–Kier alpha value is -2.32. The molecule has 24 heavy (non-hydrogen) atoms. The fourth-order valence-corrected chi connectivity index (χ4v) is 2.49. The van der Waals surface area contributed by atoms with E-state index in [-0.39, 0.29) is 25.0 Å². The molecule has 8 nitrogen and oxygen atoms in total. The topological polar surface area (TPSA) is 80.3 Å². The monoisotopic (exact) mass is 337 g/mol. The summed E-state index contributed by atoms with van der Waals surface area (Å²) >= 11 is 0. The van der Waals surface area contributed by atoms with Crippen LogP contribution < -0.4 is 15.0 Å². The molecule has 0 saturated carbocycles. The molecule has 1 aromatic rings. The first kappa shape index (κ1) is 18.0. The second kappa shape index (κ2) is 8.51. The summed E-state index contributed by atoms with van der Waals surface area (Å²) in [5, 5.41) is 2.68. The average Bonchev–Trinajstić information content (AvgIpc) is 2.96. The smallest absolute Gasteiger partial charge is 0.325 e. The van der Waals surface area contributed by atoms with Crippen LogP contribution in [0.1, 0.15) is 0 Å². The van der Waals surface area contributed by atoms with E-state index in [1.54, 1.807) is 18.1 Å². The number of anilines is 1. The van der Waals surface area contributed by atoms with Crippen LogP contribution in [0.5, 0.6) is 5.75 Å². The number of methoxy groups -OCH3 is 3. The van der Waals surface area contributed by atoms with E-state index >= 15 is 0 Å². The Bertz CT molecular complexity index is 577. The van der Waals surface area contributed by atoms with E-state index in [1.165, 1.54) is 19.1 Å². The van der Waals surface area contributed by atoms with Gasteiger partial charge in [0.05, 0.1) is 19.3 Å². The number of nitrogens with one attached hydrogen (secondary N) is 1. The van der Waals surface area contributed by atoms with E-state index < -0.39 is 6.29 Å². The van der Waals surface area contributed by atoms with Crippen LogP contribution in [0, 0.1) is 0 Å². The van der Waals surface area contributed by atoms with Gasteiger partial charge in [-0.3, -0.25) is 9.69 Å². The summed E-state index contributed by atoms with van der Waals surface area (Å²) in [6, 6.07) is 7.09. The van der Waals surface area contributed by atoms with Gasteiger partial charge in [0.1, 0.15) is 12.3 Å². The molecule has 1 aliphatic heterocycles. The third kappa shape index (κ3) is 4.15. The standard InChI is InChI=1S/C16H23N3O5/c1-22-13-7-5-4-6-12(13)19-9-8-18(16(19)21)11-14(20)17-10-15(23-2)24-3/h4-7,15H,8-11H2,1-3H3,(H,17,20). The maximum atomic E-state index is 12.5. The minimum Gasteiger partial charge on any atom is -0.495 e. The molecule has 1 saturated heterocycles. The Balaban J connectivity index is 1.93. The van der Waals surface area contributed by atoms with Crippen LogP contribution in [0.2, 0.25) is 0 Å². The lowest BCUT2D eigenvalue weighted by atomic mass is 10.2. The van der Waals surface area contributed by atoms with E-state index in [1.807, 2.05) is 18.2 Å². The highest BCUT2D eigenvalue weighted by atomic mass is 16.7. The summed E-state index contributed by atoms with van der Waals surface area (Å²) in [6.07, 6.45) is -0.506. The molecular weight excluding hydrogens is 314 g/mol. The van der Waals surface area contributed by atoms with Crippen molar-refractivity contribution in [1.29, 1.82) is 0 Å². The molecule has 1 aliphatic rings. The van der Waals surface area contributed by atoms with Gasteiger partial charge in [0, 0.05) is 27.3 Å². The number of carbonyl (C=O) groups is 2. The zero-order chi connectivity index (χ0) is 17.5. The van der Waals surface area contributed by atoms with Crippen molar-refractivity contribution in [2.75, 3.05) is 52.4 Å². The van der Waals surface area contributed by atoms with Crippen LogP contribution in [0.15, 0.2) is 24.3 Å². The third-order valence-corrected chi connectivity index (χ3v) is 3.80. The fraction of sp³-hybridized carbons (Fsp3) is 0.500. The maximum absolute atomic E-state index is 12.5. The minimum absolute atomic E-state index is 0.00929. The third-order valence-electron chi connectivity index (χ3n) is 3.80. The van der Waals surface area contributed by atoms with E-state index in [0.29, 0.717) is 24.5 Å². The van der Waals surface area contributed by atoms with Gasteiger partial charge in [-0.25, -0.2) is 4.79 Å². The number of rotatable bonds is 8. The summed E-state index contributed by atoms with van der Waals surface area (Å²) in [6.45, 7) is 1.20. The number of benzene rings is 1. The SMILES string of the molecule is COc1ccccc1N1CCN(CC(=O)NCC(OC)OC)C1=O. The summed E-state index contributed by atoms with van der Waals surface area (Å²) in [7, 11) is 4.55. The zero-order valence-electron chi connectivity index (χ0n) is 14.2. The molecule has 1 fully saturated rings. The number of ether oxygens (including phenoxy) is 3. The Labute approximate surface area is 141 Å². The molecule has 1 N–H and O–H groups in total. The molecule has 3 amide bonds. The first-order valence-electron chi connectivity index (χ1n) is 7.62. The molecule has 0 unspecified atom stereocenters. The van der Waals surface area contributed by atoms with Crippen molar-refractivity contribution >= 4 is 17.6 Å². The lowest BCUT2D eigenvalue weighted by Crippen LogP contribution is -2.42. The molecular formula is C16H23N3O5. The Kier molecular flexibility index (Phi) is 6.39. The van der Waals surface area contributed by atoms with Gasteiger partial charge in [0.2, 0.25) is 5.91 Å². The second-order valence-electron chi connectivity index (χ2n) is 5.23. The minimum atomic E-state index is -0.506. The predicted molar refractivity (Wildman–Crippen MR) is 88.1 cm³/mol. The van der Waals surface area contributed by atoms with Crippen molar-refractivity contribution in [2.45, 2.75) is 6.29 Å². The summed E-state index contributed by atoms with van der Waals surface area (Å²) in [5.41, 5.74) is 0.701. The number of urea groups is 1. The fourth-order valence-electron chi connectivity index (χ4n) is 2.49. The second-order valence-corrected chi connectivity index (χ2v) is 5.23. The number of nitrogens with zero attached hydrogens (tertiary/aromatic N) is 2. The number of para-hydroxylation sites is 2. The van der Waals surface area contributed by atoms with Gasteiger partial charge in [0.15, 0.2) is 6.29 Å². The average molecular weight is 337 g/mol. The van der Waals surface area contributed by atoms with Gasteiger partial charge in [-0.05, 0) is 12.1 Å². The molecule has 0 aromatic heterocycles. The van der Waals surface area contributed by atoms with E-state index in [4.69, 9.17) is 14.2 Å². The van der Waals surface area contributed by atoms with Crippen molar-refractivity contribution in [1.82, 2.24) is 10.2 Å². The summed E-state index contributed by atoms with van der Waals surface area (Å²) in [5.74, 6) is 0.365. The number of hydrogen-bond donors (Lipinski definition) is 1. The van der Waals surface area contributed by atoms with Crippen LogP contribution >= 0.6 is 0 Å². The van der Waals surface area contributed by atoms with Crippen LogP contribution in [-0.2, 0) is 14.3 Å². The van der Waals surface area contributed by atoms with Crippen LogP contribution in [0.25, 0.3) is 0 Å². The molecule has 2 rings (SSSR count). The van der Waals surface area contributed by atoms with Crippen molar-refractivity contribution in [3.05, 3.63) is 24.3 Å². The first-order valence-corrected chi connectivity index (χ1v) is 7.62. The van der Waals surface area contributed by atoms with E-state index in [0.717, 1.165) is 0 Å². The van der Waals surface area contributed by atoms with Gasteiger partial charge >= 0.3 is 6.03 Å². The molecule has 0 spiro atoms. The first-order chi connectivity index (χ1) is 11.6. The molecule has 1 heterocycles. The predicted octanol–water partition coefficient (Wildman–Crippen LogP) is 0.672. The van der Waals surface area contributed by atoms with Crippen molar-refractivity contribution in [3.8, 4) is 5.75 Å². The molecule has 0 atom stereocenters. The van der Waals surface area contributed by atoms with Crippen molar-refractivity contribution in [2.24, 2.45) is 0 Å². The van der Waals surface area contributed by atoms with Gasteiger partial charge in [-0.1, -0.05) is 12.1 Å². The highest BCUT2D eigenvalue weighted by Crippen LogP contribution is 2.30. The van der Waals surface area contributed by atoms with Gasteiger partial charge < -0.3 is 24.4 Å². The summed E-state index contributed by atoms with van der Waals surface area (Å²) in [4.78, 5) is 27.6. The van der Waals surface area contributed by atoms with E-state index in [2.05, 4.69) is 5.32 Å². The number of carbonyl (C=O) groups excluding carboxylic acids is 2. The van der Waals surface area contributed by atoms with Crippen LogP contribution in [0.3, 0.4) is 0 Å².